The number of anilines is 1. The van der Waals surface area contributed by atoms with Gasteiger partial charge in [-0.25, -0.2) is 4.99 Å². The normalized spacial score (nSPS) is 14.7. The minimum Gasteiger partial charge on any atom is -0.493 e. The molecule has 208 valence electrons. The van der Waals surface area contributed by atoms with Gasteiger partial charge in [0.25, 0.3) is 11.6 Å². The van der Waals surface area contributed by atoms with Crippen molar-refractivity contribution in [3.05, 3.63) is 122 Å². The van der Waals surface area contributed by atoms with Gasteiger partial charge in [0.2, 0.25) is 0 Å². The van der Waals surface area contributed by atoms with Crippen molar-refractivity contribution >= 4 is 46.0 Å². The molecule has 5 rings (SSSR count). The molecular weight excluding hydrogens is 552 g/mol. The summed E-state index contributed by atoms with van der Waals surface area (Å²) in [5, 5.41) is 21.1. The number of aliphatic imine (C=N–C) groups is 1. The van der Waals surface area contributed by atoms with Crippen LogP contribution in [0.5, 0.6) is 17.2 Å². The van der Waals surface area contributed by atoms with E-state index in [0.717, 1.165) is 22.9 Å². The Morgan fingerprint density at radius 3 is 2.33 bits per heavy atom. The van der Waals surface area contributed by atoms with Crippen LogP contribution in [0.4, 0.5) is 17.1 Å². The minimum absolute atomic E-state index is 0.0158. The van der Waals surface area contributed by atoms with E-state index in [4.69, 9.17) is 14.5 Å². The summed E-state index contributed by atoms with van der Waals surface area (Å²) >= 11 is 1.28. The molecule has 0 bridgehead atoms. The van der Waals surface area contributed by atoms with Gasteiger partial charge in [-0.1, -0.05) is 42.5 Å². The summed E-state index contributed by atoms with van der Waals surface area (Å²) in [5.74, 6) is 0.602. The zero-order chi connectivity index (χ0) is 29.8. The molecule has 0 aromatic heterocycles. The number of nitro benzene ring substituents is 1. The number of hydrogen-bond donors (Lipinski definition) is 0. The van der Waals surface area contributed by atoms with Crippen molar-refractivity contribution in [3.8, 4) is 23.3 Å². The summed E-state index contributed by atoms with van der Waals surface area (Å²) in [7, 11) is 1.47. The fourth-order valence-electron chi connectivity index (χ4n) is 4.37. The van der Waals surface area contributed by atoms with E-state index in [0.29, 0.717) is 32.8 Å². The Morgan fingerprint density at radius 2 is 1.67 bits per heavy atom. The molecule has 0 unspecified atom stereocenters. The first-order valence-corrected chi connectivity index (χ1v) is 13.6. The molecule has 10 heteroatoms. The highest BCUT2D eigenvalue weighted by atomic mass is 32.2. The van der Waals surface area contributed by atoms with Crippen molar-refractivity contribution in [2.45, 2.75) is 13.8 Å². The number of carbonyl (C=O) groups is 1. The first kappa shape index (κ1) is 28.1. The molecule has 0 saturated carbocycles. The third kappa shape index (κ3) is 5.73. The lowest BCUT2D eigenvalue weighted by atomic mass is 10.1. The van der Waals surface area contributed by atoms with Crippen LogP contribution >= 0.6 is 11.8 Å². The quantitative estimate of drug-likeness (QED) is 0.126. The smallest absolute Gasteiger partial charge is 0.271 e. The summed E-state index contributed by atoms with van der Waals surface area (Å²) in [6.45, 7) is 3.98. The van der Waals surface area contributed by atoms with Gasteiger partial charge in [0.15, 0.2) is 16.7 Å². The number of benzene rings is 4. The van der Waals surface area contributed by atoms with Gasteiger partial charge in [-0.15, -0.1) is 0 Å². The SMILES string of the molecule is COc1cc(/C=C2\SC(=Nc3c(C)cccc3C)N(c3ccccc3)C2=O)ccc1Oc1ccc([N+](=O)[O-])cc1C#N. The molecule has 0 radical (unpaired) electrons. The zero-order valence-electron chi connectivity index (χ0n) is 22.9. The Kier molecular flexibility index (Phi) is 8.04. The van der Waals surface area contributed by atoms with E-state index in [2.05, 4.69) is 0 Å². The minimum atomic E-state index is -0.576. The van der Waals surface area contributed by atoms with Gasteiger partial charge in [0, 0.05) is 12.1 Å². The van der Waals surface area contributed by atoms with Crippen LogP contribution in [0.25, 0.3) is 6.08 Å². The van der Waals surface area contributed by atoms with Crippen molar-refractivity contribution in [2.75, 3.05) is 12.0 Å². The summed E-state index contributed by atoms with van der Waals surface area (Å²) in [6.07, 6.45) is 1.76. The number of nitriles is 1. The van der Waals surface area contributed by atoms with Crippen molar-refractivity contribution in [3.63, 3.8) is 0 Å². The van der Waals surface area contributed by atoms with Crippen LogP contribution < -0.4 is 14.4 Å². The predicted octanol–water partition coefficient (Wildman–Crippen LogP) is 7.69. The van der Waals surface area contributed by atoms with Gasteiger partial charge in [-0.2, -0.15) is 5.26 Å². The van der Waals surface area contributed by atoms with Crippen LogP contribution in [0.2, 0.25) is 0 Å². The number of thioether (sulfide) groups is 1. The molecule has 0 spiro atoms. The predicted molar refractivity (Wildman–Crippen MR) is 163 cm³/mol. The lowest BCUT2D eigenvalue weighted by Gasteiger charge is -2.16. The molecule has 1 aliphatic heterocycles. The van der Waals surface area contributed by atoms with Crippen LogP contribution in [-0.2, 0) is 4.79 Å². The highest BCUT2D eigenvalue weighted by Crippen LogP contribution is 2.40. The Morgan fingerprint density at radius 1 is 0.952 bits per heavy atom. The maximum Gasteiger partial charge on any atom is 0.271 e. The van der Waals surface area contributed by atoms with Crippen molar-refractivity contribution in [1.29, 1.82) is 5.26 Å². The van der Waals surface area contributed by atoms with Gasteiger partial charge in [-0.05, 0) is 78.7 Å². The number of hydrogen-bond acceptors (Lipinski definition) is 8. The molecular formula is C32H24N4O5S. The maximum atomic E-state index is 13.7. The van der Waals surface area contributed by atoms with Crippen molar-refractivity contribution < 1.29 is 19.2 Å². The first-order chi connectivity index (χ1) is 20.3. The number of nitrogens with zero attached hydrogens (tertiary/aromatic N) is 4. The fourth-order valence-corrected chi connectivity index (χ4v) is 5.35. The van der Waals surface area contributed by atoms with E-state index in [1.807, 2.05) is 68.4 Å². The number of methoxy groups -OCH3 is 1. The number of para-hydroxylation sites is 2. The molecule has 0 aliphatic carbocycles. The average Bonchev–Trinajstić information content (AvgIpc) is 3.30. The van der Waals surface area contributed by atoms with Crippen LogP contribution in [-0.4, -0.2) is 23.1 Å². The van der Waals surface area contributed by atoms with E-state index in [9.17, 15) is 20.2 Å². The molecule has 4 aromatic carbocycles. The van der Waals surface area contributed by atoms with Gasteiger partial charge >= 0.3 is 0 Å². The number of aryl methyl sites for hydroxylation is 2. The molecule has 0 atom stereocenters. The lowest BCUT2D eigenvalue weighted by Crippen LogP contribution is -2.28. The monoisotopic (exact) mass is 576 g/mol. The van der Waals surface area contributed by atoms with Crippen LogP contribution in [0.15, 0.2) is 94.8 Å². The fraction of sp³-hybridized carbons (Fsp3) is 0.0938. The maximum absolute atomic E-state index is 13.7. The number of carbonyl (C=O) groups excluding carboxylic acids is 1. The van der Waals surface area contributed by atoms with Crippen LogP contribution in [0, 0.1) is 35.3 Å². The molecule has 9 nitrogen and oxygen atoms in total. The average molecular weight is 577 g/mol. The van der Waals surface area contributed by atoms with E-state index in [1.54, 1.807) is 29.2 Å². The van der Waals surface area contributed by atoms with Crippen LogP contribution in [0.1, 0.15) is 22.3 Å². The Hall–Kier alpha value is -5.40. The largest absolute Gasteiger partial charge is 0.493 e. The Labute approximate surface area is 246 Å². The van der Waals surface area contributed by atoms with Crippen molar-refractivity contribution in [2.24, 2.45) is 4.99 Å². The molecule has 1 fully saturated rings. The zero-order valence-corrected chi connectivity index (χ0v) is 23.7. The topological polar surface area (TPSA) is 118 Å². The molecule has 1 heterocycles. The third-order valence-corrected chi connectivity index (χ3v) is 7.44. The second kappa shape index (κ2) is 12.0. The molecule has 4 aromatic rings. The second-order valence-corrected chi connectivity index (χ2v) is 10.3. The highest BCUT2D eigenvalue weighted by Gasteiger charge is 2.35. The number of non-ortho nitro benzene ring substituents is 1. The third-order valence-electron chi connectivity index (χ3n) is 6.47. The number of amidine groups is 1. The molecule has 0 N–H and O–H groups in total. The lowest BCUT2D eigenvalue weighted by molar-refractivity contribution is -0.384. The van der Waals surface area contributed by atoms with Crippen LogP contribution in [0.3, 0.4) is 0 Å². The molecule has 42 heavy (non-hydrogen) atoms. The summed E-state index contributed by atoms with van der Waals surface area (Å²) in [4.78, 5) is 31.2. The molecule has 1 amide bonds. The van der Waals surface area contributed by atoms with E-state index in [-0.39, 0.29) is 22.9 Å². The van der Waals surface area contributed by atoms with Crippen molar-refractivity contribution in [1.82, 2.24) is 0 Å². The first-order valence-electron chi connectivity index (χ1n) is 12.8. The number of amides is 1. The van der Waals surface area contributed by atoms with Gasteiger partial charge in [0.05, 0.1) is 28.3 Å². The second-order valence-electron chi connectivity index (χ2n) is 9.28. The van der Waals surface area contributed by atoms with Gasteiger partial charge in [-0.3, -0.25) is 19.8 Å². The van der Waals surface area contributed by atoms with E-state index < -0.39 is 4.92 Å². The highest BCUT2D eigenvalue weighted by molar-refractivity contribution is 8.19. The summed E-state index contributed by atoms with van der Waals surface area (Å²) in [5.41, 5.74) is 4.03. The number of rotatable bonds is 7. The Balaban J connectivity index is 1.50. The van der Waals surface area contributed by atoms with E-state index >= 15 is 0 Å². The van der Waals surface area contributed by atoms with Gasteiger partial charge in [0.1, 0.15) is 17.4 Å². The standard InChI is InChI=1S/C32H24N4O5S/c1-20-8-7-9-21(2)30(20)34-32-35(24-10-5-4-6-11-24)31(37)29(42-32)17-22-12-14-27(28(16-22)40-3)41-26-15-13-25(36(38)39)18-23(26)19-33/h4-18H,1-3H3/b29-17-,34-32?. The number of nitro groups is 1. The molecule has 1 saturated heterocycles. The molecule has 1 aliphatic rings. The van der Waals surface area contributed by atoms with E-state index in [1.165, 1.54) is 31.0 Å². The summed E-state index contributed by atoms with van der Waals surface area (Å²) < 4.78 is 11.4. The Bertz CT molecular complexity index is 1790. The van der Waals surface area contributed by atoms with Gasteiger partial charge < -0.3 is 9.47 Å². The number of ether oxygens (including phenoxy) is 2. The summed E-state index contributed by atoms with van der Waals surface area (Å²) in [6, 6.07) is 26.1.